The highest BCUT2D eigenvalue weighted by Crippen LogP contribution is 2.25. The SMILES string of the molecule is CCCC(C)CC(O)(CC)/C(CO)=N/NC(C)=O. The van der Waals surface area contributed by atoms with E-state index in [0.29, 0.717) is 18.8 Å². The summed E-state index contributed by atoms with van der Waals surface area (Å²) in [7, 11) is 0. The third-order valence-electron chi connectivity index (χ3n) is 3.09. The van der Waals surface area contributed by atoms with Gasteiger partial charge in [-0.25, -0.2) is 5.43 Å². The lowest BCUT2D eigenvalue weighted by atomic mass is 9.83. The van der Waals surface area contributed by atoms with Crippen molar-refractivity contribution in [2.24, 2.45) is 11.0 Å². The van der Waals surface area contributed by atoms with Gasteiger partial charge < -0.3 is 10.2 Å². The molecule has 0 spiro atoms. The Morgan fingerprint density at radius 2 is 2.06 bits per heavy atom. The molecule has 0 rings (SSSR count). The molecule has 0 aromatic carbocycles. The molecule has 0 radical (unpaired) electrons. The minimum Gasteiger partial charge on any atom is -0.390 e. The maximum Gasteiger partial charge on any atom is 0.236 e. The highest BCUT2D eigenvalue weighted by atomic mass is 16.3. The molecular formula is C13H26N2O3. The van der Waals surface area contributed by atoms with Crippen molar-refractivity contribution >= 4 is 11.6 Å². The Morgan fingerprint density at radius 1 is 1.44 bits per heavy atom. The standard InChI is InChI=1S/C13H26N2O3/c1-5-7-10(3)8-13(18,6-2)12(9-16)15-14-11(4)17/h10,16,18H,5-9H2,1-4H3,(H,14,17)/b15-12+. The number of aliphatic hydroxyl groups excluding tert-OH is 1. The van der Waals surface area contributed by atoms with Crippen molar-refractivity contribution in [1.82, 2.24) is 5.43 Å². The van der Waals surface area contributed by atoms with Crippen molar-refractivity contribution < 1.29 is 15.0 Å². The van der Waals surface area contributed by atoms with Crippen LogP contribution in [-0.4, -0.2) is 34.0 Å². The van der Waals surface area contributed by atoms with Gasteiger partial charge in [-0.2, -0.15) is 5.10 Å². The molecule has 0 fully saturated rings. The lowest BCUT2D eigenvalue weighted by Gasteiger charge is -2.30. The van der Waals surface area contributed by atoms with Gasteiger partial charge in [0.1, 0.15) is 5.60 Å². The Labute approximate surface area is 109 Å². The van der Waals surface area contributed by atoms with Crippen molar-refractivity contribution in [3.05, 3.63) is 0 Å². The summed E-state index contributed by atoms with van der Waals surface area (Å²) >= 11 is 0. The molecule has 2 atom stereocenters. The van der Waals surface area contributed by atoms with E-state index in [1.165, 1.54) is 6.92 Å². The lowest BCUT2D eigenvalue weighted by Crippen LogP contribution is -2.43. The molecule has 18 heavy (non-hydrogen) atoms. The second kappa shape index (κ2) is 8.21. The monoisotopic (exact) mass is 258 g/mol. The van der Waals surface area contributed by atoms with E-state index in [9.17, 15) is 15.0 Å². The van der Waals surface area contributed by atoms with Crippen molar-refractivity contribution in [3.8, 4) is 0 Å². The molecule has 0 saturated heterocycles. The average molecular weight is 258 g/mol. The van der Waals surface area contributed by atoms with Gasteiger partial charge in [-0.3, -0.25) is 4.79 Å². The minimum atomic E-state index is -1.15. The number of hydrogen-bond donors (Lipinski definition) is 3. The molecule has 1 amide bonds. The van der Waals surface area contributed by atoms with E-state index in [0.717, 1.165) is 12.8 Å². The van der Waals surface area contributed by atoms with E-state index in [-0.39, 0.29) is 18.2 Å². The van der Waals surface area contributed by atoms with Crippen LogP contribution >= 0.6 is 0 Å². The maximum atomic E-state index is 10.8. The molecule has 0 aromatic rings. The zero-order chi connectivity index (χ0) is 14.2. The molecule has 0 heterocycles. The Bertz CT molecular complexity index is 292. The molecule has 0 aliphatic heterocycles. The second-order valence-electron chi connectivity index (χ2n) is 4.87. The first kappa shape index (κ1) is 17.1. The number of hydrazone groups is 1. The average Bonchev–Trinajstić information content (AvgIpc) is 2.29. The number of nitrogens with zero attached hydrogens (tertiary/aromatic N) is 1. The smallest absolute Gasteiger partial charge is 0.236 e. The van der Waals surface area contributed by atoms with Crippen LogP contribution < -0.4 is 5.43 Å². The molecule has 0 bridgehead atoms. The number of nitrogens with one attached hydrogen (secondary N) is 1. The largest absolute Gasteiger partial charge is 0.390 e. The predicted octanol–water partition coefficient (Wildman–Crippen LogP) is 1.44. The lowest BCUT2D eigenvalue weighted by molar-refractivity contribution is -0.118. The quantitative estimate of drug-likeness (QED) is 0.455. The fourth-order valence-corrected chi connectivity index (χ4v) is 2.07. The summed E-state index contributed by atoms with van der Waals surface area (Å²) in [6.07, 6.45) is 3.07. The van der Waals surface area contributed by atoms with Crippen molar-refractivity contribution in [3.63, 3.8) is 0 Å². The van der Waals surface area contributed by atoms with Crippen LogP contribution in [0.15, 0.2) is 5.10 Å². The Hall–Kier alpha value is -0.940. The van der Waals surface area contributed by atoms with Gasteiger partial charge in [0.25, 0.3) is 0 Å². The molecule has 0 aliphatic carbocycles. The third-order valence-corrected chi connectivity index (χ3v) is 3.09. The van der Waals surface area contributed by atoms with Crippen LogP contribution in [0.4, 0.5) is 0 Å². The molecule has 5 heteroatoms. The summed E-state index contributed by atoms with van der Waals surface area (Å²) in [5.74, 6) is 0.0232. The second-order valence-corrected chi connectivity index (χ2v) is 4.87. The van der Waals surface area contributed by atoms with Crippen LogP contribution in [0.5, 0.6) is 0 Å². The fourth-order valence-electron chi connectivity index (χ4n) is 2.07. The predicted molar refractivity (Wildman–Crippen MR) is 72.3 cm³/mol. The zero-order valence-corrected chi connectivity index (χ0v) is 11.9. The number of rotatable bonds is 8. The van der Waals surface area contributed by atoms with Crippen molar-refractivity contribution in [2.75, 3.05) is 6.61 Å². The van der Waals surface area contributed by atoms with Crippen LogP contribution in [0.25, 0.3) is 0 Å². The molecule has 3 N–H and O–H groups in total. The summed E-state index contributed by atoms with van der Waals surface area (Å²) < 4.78 is 0. The maximum absolute atomic E-state index is 10.8. The number of carbonyl (C=O) groups is 1. The van der Waals surface area contributed by atoms with Crippen LogP contribution in [0.3, 0.4) is 0 Å². The van der Waals surface area contributed by atoms with Crippen LogP contribution in [0, 0.1) is 5.92 Å². The van der Waals surface area contributed by atoms with Crippen LogP contribution in [0.2, 0.25) is 0 Å². The van der Waals surface area contributed by atoms with Gasteiger partial charge in [0.15, 0.2) is 0 Å². The fraction of sp³-hybridized carbons (Fsp3) is 0.846. The highest BCUT2D eigenvalue weighted by molar-refractivity contribution is 5.94. The van der Waals surface area contributed by atoms with E-state index in [1.54, 1.807) is 0 Å². The summed E-state index contributed by atoms with van der Waals surface area (Å²) in [4.78, 5) is 10.8. The molecular weight excluding hydrogens is 232 g/mol. The molecule has 0 saturated carbocycles. The topological polar surface area (TPSA) is 81.9 Å². The summed E-state index contributed by atoms with van der Waals surface area (Å²) in [5, 5.41) is 23.7. The molecule has 5 nitrogen and oxygen atoms in total. The zero-order valence-electron chi connectivity index (χ0n) is 11.9. The first-order valence-electron chi connectivity index (χ1n) is 6.56. The first-order chi connectivity index (χ1) is 8.39. The summed E-state index contributed by atoms with van der Waals surface area (Å²) in [5.41, 5.74) is 1.35. The number of aliphatic hydroxyl groups is 2. The van der Waals surface area contributed by atoms with Gasteiger partial charge in [-0.15, -0.1) is 0 Å². The Morgan fingerprint density at radius 3 is 2.44 bits per heavy atom. The normalized spacial score (nSPS) is 17.1. The van der Waals surface area contributed by atoms with E-state index in [4.69, 9.17) is 0 Å². The molecule has 0 aliphatic rings. The van der Waals surface area contributed by atoms with Gasteiger partial charge >= 0.3 is 0 Å². The van der Waals surface area contributed by atoms with E-state index in [2.05, 4.69) is 24.4 Å². The minimum absolute atomic E-state index is 0.225. The van der Waals surface area contributed by atoms with Gasteiger partial charge in [-0.1, -0.05) is 33.6 Å². The van der Waals surface area contributed by atoms with Gasteiger partial charge in [-0.05, 0) is 18.8 Å². The van der Waals surface area contributed by atoms with Gasteiger partial charge in [0, 0.05) is 6.92 Å². The van der Waals surface area contributed by atoms with Crippen LogP contribution in [0.1, 0.15) is 53.4 Å². The van der Waals surface area contributed by atoms with Crippen LogP contribution in [-0.2, 0) is 4.79 Å². The first-order valence-corrected chi connectivity index (χ1v) is 6.56. The highest BCUT2D eigenvalue weighted by Gasteiger charge is 2.32. The summed E-state index contributed by atoms with van der Waals surface area (Å²) in [6, 6.07) is 0. The summed E-state index contributed by atoms with van der Waals surface area (Å²) in [6.45, 7) is 6.99. The number of hydrogen-bond acceptors (Lipinski definition) is 4. The van der Waals surface area contributed by atoms with E-state index >= 15 is 0 Å². The van der Waals surface area contributed by atoms with Crippen molar-refractivity contribution in [2.45, 2.75) is 59.0 Å². The van der Waals surface area contributed by atoms with Crippen molar-refractivity contribution in [1.29, 1.82) is 0 Å². The number of carbonyl (C=O) groups excluding carboxylic acids is 1. The molecule has 2 unspecified atom stereocenters. The van der Waals surface area contributed by atoms with E-state index < -0.39 is 5.60 Å². The van der Waals surface area contributed by atoms with Gasteiger partial charge in [0.05, 0.1) is 12.3 Å². The third kappa shape index (κ3) is 5.60. The molecule has 106 valence electrons. The molecule has 0 aromatic heterocycles. The Kier molecular flexibility index (Phi) is 7.78. The number of amides is 1. The Balaban J connectivity index is 4.85. The van der Waals surface area contributed by atoms with Gasteiger partial charge in [0.2, 0.25) is 5.91 Å². The van der Waals surface area contributed by atoms with E-state index in [1.807, 2.05) is 6.92 Å².